The molecule has 0 unspecified atom stereocenters. The zero-order valence-corrected chi connectivity index (χ0v) is 13.7. The van der Waals surface area contributed by atoms with Crippen LogP contribution in [-0.4, -0.2) is 47.3 Å². The summed E-state index contributed by atoms with van der Waals surface area (Å²) in [5.74, 6) is 0.278. The normalized spacial score (nSPS) is 21.2. The lowest BCUT2D eigenvalue weighted by Gasteiger charge is -2.27. The van der Waals surface area contributed by atoms with Crippen LogP contribution in [0.3, 0.4) is 0 Å². The smallest absolute Gasteiger partial charge is 0.242 e. The van der Waals surface area contributed by atoms with Crippen molar-refractivity contribution in [2.45, 2.75) is 51.0 Å². The fourth-order valence-corrected chi connectivity index (χ4v) is 3.78. The summed E-state index contributed by atoms with van der Waals surface area (Å²) in [6.45, 7) is 1.89. The maximum atomic E-state index is 12.5. The summed E-state index contributed by atoms with van der Waals surface area (Å²) in [6.07, 6.45) is 6.95. The van der Waals surface area contributed by atoms with Crippen molar-refractivity contribution in [1.29, 1.82) is 0 Å². The number of rotatable bonds is 6. The van der Waals surface area contributed by atoms with Crippen LogP contribution in [0.15, 0.2) is 30.3 Å². The molecule has 3 rings (SSSR count). The fraction of sp³-hybridized carbons (Fsp3) is 0.579. The molecule has 1 atom stereocenters. The standard InChI is InChI=1S/C19H26N2O2/c22-18-12-6-13-20(18)15-19(23)21-14-5-11-17(21)10-4-9-16-7-2-1-3-8-16/h1-3,7-8,17H,4-6,9-15H2/t17-/m1/s1. The van der Waals surface area contributed by atoms with Crippen molar-refractivity contribution in [3.63, 3.8) is 0 Å². The van der Waals surface area contributed by atoms with Crippen molar-refractivity contribution in [2.24, 2.45) is 0 Å². The van der Waals surface area contributed by atoms with E-state index in [0.717, 1.165) is 51.6 Å². The van der Waals surface area contributed by atoms with Gasteiger partial charge in [0.15, 0.2) is 0 Å². The van der Waals surface area contributed by atoms with Crippen molar-refractivity contribution >= 4 is 11.8 Å². The van der Waals surface area contributed by atoms with Gasteiger partial charge in [0.2, 0.25) is 11.8 Å². The number of hydrogen-bond acceptors (Lipinski definition) is 2. The van der Waals surface area contributed by atoms with E-state index in [2.05, 4.69) is 24.3 Å². The molecule has 0 aliphatic carbocycles. The summed E-state index contributed by atoms with van der Waals surface area (Å²) >= 11 is 0. The highest BCUT2D eigenvalue weighted by molar-refractivity contribution is 5.86. The molecule has 4 nitrogen and oxygen atoms in total. The Morgan fingerprint density at radius 3 is 2.70 bits per heavy atom. The quantitative estimate of drug-likeness (QED) is 0.810. The summed E-state index contributed by atoms with van der Waals surface area (Å²) in [6, 6.07) is 10.9. The van der Waals surface area contributed by atoms with Crippen LogP contribution in [0.25, 0.3) is 0 Å². The first-order valence-electron chi connectivity index (χ1n) is 8.85. The third kappa shape index (κ3) is 4.12. The molecule has 1 aromatic carbocycles. The predicted octanol–water partition coefficient (Wildman–Crippen LogP) is 2.62. The molecular formula is C19H26N2O2. The molecule has 4 heteroatoms. The molecule has 0 aromatic heterocycles. The van der Waals surface area contributed by atoms with E-state index < -0.39 is 0 Å². The molecule has 0 bridgehead atoms. The molecule has 2 saturated heterocycles. The van der Waals surface area contributed by atoms with Crippen LogP contribution in [-0.2, 0) is 16.0 Å². The minimum absolute atomic E-state index is 0.137. The van der Waals surface area contributed by atoms with Crippen LogP contribution in [0, 0.1) is 0 Å². The Morgan fingerprint density at radius 1 is 1.13 bits per heavy atom. The Bertz CT molecular complexity index is 544. The van der Waals surface area contributed by atoms with E-state index in [1.807, 2.05) is 11.0 Å². The maximum Gasteiger partial charge on any atom is 0.242 e. The van der Waals surface area contributed by atoms with E-state index in [4.69, 9.17) is 0 Å². The maximum absolute atomic E-state index is 12.5. The molecule has 0 N–H and O–H groups in total. The monoisotopic (exact) mass is 314 g/mol. The van der Waals surface area contributed by atoms with Crippen LogP contribution >= 0.6 is 0 Å². The Morgan fingerprint density at radius 2 is 1.96 bits per heavy atom. The number of carbonyl (C=O) groups is 2. The highest BCUT2D eigenvalue weighted by Gasteiger charge is 2.31. The number of likely N-dealkylation sites (tertiary alicyclic amines) is 2. The van der Waals surface area contributed by atoms with Crippen LogP contribution in [0.1, 0.15) is 44.1 Å². The number of carbonyl (C=O) groups excluding carboxylic acids is 2. The summed E-state index contributed by atoms with van der Waals surface area (Å²) in [5.41, 5.74) is 1.37. The van der Waals surface area contributed by atoms with Gasteiger partial charge < -0.3 is 9.80 Å². The molecule has 2 fully saturated rings. The van der Waals surface area contributed by atoms with Crippen LogP contribution in [0.2, 0.25) is 0 Å². The number of nitrogens with zero attached hydrogens (tertiary/aromatic N) is 2. The average molecular weight is 314 g/mol. The van der Waals surface area contributed by atoms with Crippen molar-refractivity contribution in [3.05, 3.63) is 35.9 Å². The van der Waals surface area contributed by atoms with E-state index >= 15 is 0 Å². The van der Waals surface area contributed by atoms with Crippen molar-refractivity contribution in [3.8, 4) is 0 Å². The number of hydrogen-bond donors (Lipinski definition) is 0. The number of aryl methyl sites for hydroxylation is 1. The molecule has 2 amide bonds. The first-order chi connectivity index (χ1) is 11.2. The Kier molecular flexibility index (Phi) is 5.31. The molecule has 1 aromatic rings. The molecule has 0 saturated carbocycles. The Labute approximate surface area is 138 Å². The summed E-state index contributed by atoms with van der Waals surface area (Å²) in [5, 5.41) is 0. The molecule has 2 heterocycles. The van der Waals surface area contributed by atoms with E-state index in [0.29, 0.717) is 12.5 Å². The topological polar surface area (TPSA) is 40.6 Å². The van der Waals surface area contributed by atoms with E-state index in [1.54, 1.807) is 4.90 Å². The van der Waals surface area contributed by atoms with Gasteiger partial charge in [-0.1, -0.05) is 30.3 Å². The van der Waals surface area contributed by atoms with Gasteiger partial charge in [-0.25, -0.2) is 0 Å². The molecule has 2 aliphatic rings. The fourth-order valence-electron chi connectivity index (χ4n) is 3.78. The lowest BCUT2D eigenvalue weighted by Crippen LogP contribution is -2.43. The van der Waals surface area contributed by atoms with Crippen molar-refractivity contribution in [1.82, 2.24) is 9.80 Å². The third-order valence-electron chi connectivity index (χ3n) is 5.04. The zero-order valence-electron chi connectivity index (χ0n) is 13.7. The van der Waals surface area contributed by atoms with Gasteiger partial charge in [-0.15, -0.1) is 0 Å². The minimum Gasteiger partial charge on any atom is -0.338 e. The summed E-state index contributed by atoms with van der Waals surface area (Å²) < 4.78 is 0. The van der Waals surface area contributed by atoms with Crippen LogP contribution in [0.4, 0.5) is 0 Å². The highest BCUT2D eigenvalue weighted by atomic mass is 16.2. The van der Waals surface area contributed by atoms with Crippen LogP contribution < -0.4 is 0 Å². The number of amides is 2. The van der Waals surface area contributed by atoms with Gasteiger partial charge in [-0.3, -0.25) is 9.59 Å². The minimum atomic E-state index is 0.137. The van der Waals surface area contributed by atoms with Gasteiger partial charge in [0.1, 0.15) is 0 Å². The largest absolute Gasteiger partial charge is 0.338 e. The van der Waals surface area contributed by atoms with Gasteiger partial charge in [-0.2, -0.15) is 0 Å². The lowest BCUT2D eigenvalue weighted by molar-refractivity contribution is -0.139. The highest BCUT2D eigenvalue weighted by Crippen LogP contribution is 2.23. The molecule has 2 aliphatic heterocycles. The van der Waals surface area contributed by atoms with Gasteiger partial charge >= 0.3 is 0 Å². The van der Waals surface area contributed by atoms with E-state index in [1.165, 1.54) is 5.56 Å². The Hall–Kier alpha value is -1.84. The average Bonchev–Trinajstić information content (AvgIpc) is 3.18. The summed E-state index contributed by atoms with van der Waals surface area (Å²) in [7, 11) is 0. The van der Waals surface area contributed by atoms with Gasteiger partial charge in [0.05, 0.1) is 6.54 Å². The second kappa shape index (κ2) is 7.62. The van der Waals surface area contributed by atoms with E-state index in [9.17, 15) is 9.59 Å². The molecule has 124 valence electrons. The second-order valence-corrected chi connectivity index (χ2v) is 6.68. The first-order valence-corrected chi connectivity index (χ1v) is 8.85. The lowest BCUT2D eigenvalue weighted by atomic mass is 10.0. The SMILES string of the molecule is O=C1CCCN1CC(=O)N1CCC[C@H]1CCCc1ccccc1. The molecule has 23 heavy (non-hydrogen) atoms. The van der Waals surface area contributed by atoms with Gasteiger partial charge in [-0.05, 0) is 44.1 Å². The predicted molar refractivity (Wildman–Crippen MR) is 89.9 cm³/mol. The van der Waals surface area contributed by atoms with Crippen LogP contribution in [0.5, 0.6) is 0 Å². The third-order valence-corrected chi connectivity index (χ3v) is 5.04. The Balaban J connectivity index is 1.47. The van der Waals surface area contributed by atoms with E-state index in [-0.39, 0.29) is 18.4 Å². The van der Waals surface area contributed by atoms with Gasteiger partial charge in [0, 0.05) is 25.6 Å². The van der Waals surface area contributed by atoms with Crippen molar-refractivity contribution in [2.75, 3.05) is 19.6 Å². The number of benzene rings is 1. The van der Waals surface area contributed by atoms with Crippen molar-refractivity contribution < 1.29 is 9.59 Å². The first kappa shape index (κ1) is 16.0. The zero-order chi connectivity index (χ0) is 16.1. The molecule has 0 spiro atoms. The van der Waals surface area contributed by atoms with Gasteiger partial charge in [0.25, 0.3) is 0 Å². The molecular weight excluding hydrogens is 288 g/mol. The molecule has 0 radical (unpaired) electrons. The second-order valence-electron chi connectivity index (χ2n) is 6.68. The summed E-state index contributed by atoms with van der Waals surface area (Å²) in [4.78, 5) is 28.0.